The minimum Gasteiger partial charge on any atom is -0.465 e. The topological polar surface area (TPSA) is 78.4 Å². The van der Waals surface area contributed by atoms with E-state index in [0.717, 1.165) is 5.75 Å². The second-order valence-corrected chi connectivity index (χ2v) is 3.52. The summed E-state index contributed by atoms with van der Waals surface area (Å²) >= 11 is 1.56. The van der Waals surface area contributed by atoms with E-state index in [1.807, 2.05) is 0 Å². The van der Waals surface area contributed by atoms with E-state index in [2.05, 4.69) is 10.6 Å². The predicted octanol–water partition coefficient (Wildman–Crippen LogP) is -0.514. The van der Waals surface area contributed by atoms with Gasteiger partial charge in [-0.25, -0.2) is 4.79 Å². The standard InChI is InChI=1S/C6H10N2O3S/c9-5-4(8-6(10)11)3-12-2-1-7-5/h4,8H,1-3H2,(H,7,9)(H,10,11)/t4-/m1/s1. The van der Waals surface area contributed by atoms with Gasteiger partial charge in [0.2, 0.25) is 5.91 Å². The summed E-state index contributed by atoms with van der Waals surface area (Å²) in [4.78, 5) is 21.3. The molecule has 0 radical (unpaired) electrons. The Kier molecular flexibility index (Phi) is 3.21. The lowest BCUT2D eigenvalue weighted by molar-refractivity contribution is -0.122. The first kappa shape index (κ1) is 9.18. The van der Waals surface area contributed by atoms with Gasteiger partial charge in [-0.05, 0) is 0 Å². The number of carboxylic acid groups (broad SMARTS) is 1. The summed E-state index contributed by atoms with van der Waals surface area (Å²) in [6.45, 7) is 0.612. The Labute approximate surface area is 73.9 Å². The molecule has 0 spiro atoms. The zero-order valence-electron chi connectivity index (χ0n) is 6.37. The van der Waals surface area contributed by atoms with E-state index < -0.39 is 12.1 Å². The van der Waals surface area contributed by atoms with Crippen LogP contribution in [0.2, 0.25) is 0 Å². The number of hydrogen-bond acceptors (Lipinski definition) is 3. The van der Waals surface area contributed by atoms with E-state index >= 15 is 0 Å². The largest absolute Gasteiger partial charge is 0.465 e. The summed E-state index contributed by atoms with van der Waals surface area (Å²) in [7, 11) is 0. The van der Waals surface area contributed by atoms with E-state index in [9.17, 15) is 9.59 Å². The van der Waals surface area contributed by atoms with Crippen molar-refractivity contribution in [1.82, 2.24) is 10.6 Å². The van der Waals surface area contributed by atoms with Crippen LogP contribution in [0, 0.1) is 0 Å². The summed E-state index contributed by atoms with van der Waals surface area (Å²) < 4.78 is 0. The molecule has 1 rings (SSSR count). The Balaban J connectivity index is 2.47. The molecule has 0 unspecified atom stereocenters. The summed E-state index contributed by atoms with van der Waals surface area (Å²) in [6.07, 6.45) is -1.15. The molecule has 0 bridgehead atoms. The molecular weight excluding hydrogens is 180 g/mol. The van der Waals surface area contributed by atoms with Crippen LogP contribution in [0.4, 0.5) is 4.79 Å². The third-order valence-corrected chi connectivity index (χ3v) is 2.51. The Morgan fingerprint density at radius 3 is 3.17 bits per heavy atom. The quantitative estimate of drug-likeness (QED) is 0.520. The van der Waals surface area contributed by atoms with Gasteiger partial charge in [0, 0.05) is 18.1 Å². The van der Waals surface area contributed by atoms with Crippen molar-refractivity contribution in [2.24, 2.45) is 0 Å². The summed E-state index contributed by atoms with van der Waals surface area (Å²) in [5, 5.41) is 13.1. The number of thioether (sulfide) groups is 1. The van der Waals surface area contributed by atoms with Crippen molar-refractivity contribution in [2.75, 3.05) is 18.1 Å². The molecule has 0 aromatic rings. The highest BCUT2D eigenvalue weighted by Gasteiger charge is 2.21. The molecule has 2 amide bonds. The Hall–Kier alpha value is -0.910. The van der Waals surface area contributed by atoms with E-state index in [0.29, 0.717) is 12.3 Å². The highest BCUT2D eigenvalue weighted by Crippen LogP contribution is 2.05. The maximum Gasteiger partial charge on any atom is 0.405 e. The van der Waals surface area contributed by atoms with Crippen LogP contribution in [0.3, 0.4) is 0 Å². The van der Waals surface area contributed by atoms with Crippen molar-refractivity contribution in [2.45, 2.75) is 6.04 Å². The molecule has 12 heavy (non-hydrogen) atoms. The van der Waals surface area contributed by atoms with Crippen molar-refractivity contribution in [1.29, 1.82) is 0 Å². The zero-order chi connectivity index (χ0) is 8.97. The molecule has 6 heteroatoms. The van der Waals surface area contributed by atoms with Gasteiger partial charge >= 0.3 is 6.09 Å². The number of carbonyl (C=O) groups excluding carboxylic acids is 1. The van der Waals surface area contributed by atoms with Crippen LogP contribution in [0.25, 0.3) is 0 Å². The van der Waals surface area contributed by atoms with Crippen LogP contribution in [0.5, 0.6) is 0 Å². The zero-order valence-corrected chi connectivity index (χ0v) is 7.19. The molecule has 1 aliphatic heterocycles. The van der Waals surface area contributed by atoms with Gasteiger partial charge in [0.15, 0.2) is 0 Å². The molecule has 0 aliphatic carbocycles. The van der Waals surface area contributed by atoms with Crippen LogP contribution >= 0.6 is 11.8 Å². The average Bonchev–Trinajstić information content (AvgIpc) is 2.16. The second kappa shape index (κ2) is 4.20. The normalized spacial score (nSPS) is 24.0. The Bertz CT molecular complexity index is 197. The smallest absolute Gasteiger partial charge is 0.405 e. The van der Waals surface area contributed by atoms with Gasteiger partial charge in [-0.1, -0.05) is 0 Å². The third kappa shape index (κ3) is 2.61. The number of hydrogen-bond donors (Lipinski definition) is 3. The van der Waals surface area contributed by atoms with Crippen LogP contribution in [-0.2, 0) is 4.79 Å². The molecule has 0 aromatic heterocycles. The fourth-order valence-corrected chi connectivity index (χ4v) is 1.79. The predicted molar refractivity (Wildman–Crippen MR) is 45.3 cm³/mol. The molecule has 1 heterocycles. The number of nitrogens with one attached hydrogen (secondary N) is 2. The van der Waals surface area contributed by atoms with E-state index in [4.69, 9.17) is 5.11 Å². The number of carbonyl (C=O) groups is 2. The van der Waals surface area contributed by atoms with Crippen LogP contribution in [-0.4, -0.2) is 41.2 Å². The van der Waals surface area contributed by atoms with Crippen LogP contribution in [0.15, 0.2) is 0 Å². The van der Waals surface area contributed by atoms with Gasteiger partial charge in [-0.15, -0.1) is 0 Å². The Morgan fingerprint density at radius 1 is 1.75 bits per heavy atom. The molecular formula is C6H10N2O3S. The van der Waals surface area contributed by atoms with Gasteiger partial charge in [-0.3, -0.25) is 4.79 Å². The van der Waals surface area contributed by atoms with Crippen LogP contribution < -0.4 is 10.6 Å². The molecule has 5 nitrogen and oxygen atoms in total. The monoisotopic (exact) mass is 190 g/mol. The van der Waals surface area contributed by atoms with Crippen molar-refractivity contribution >= 4 is 23.8 Å². The second-order valence-electron chi connectivity index (χ2n) is 2.37. The van der Waals surface area contributed by atoms with Crippen molar-refractivity contribution in [3.05, 3.63) is 0 Å². The summed E-state index contributed by atoms with van der Waals surface area (Å²) in [6, 6.07) is -0.602. The highest BCUT2D eigenvalue weighted by molar-refractivity contribution is 7.99. The molecule has 1 aliphatic rings. The lowest BCUT2D eigenvalue weighted by Gasteiger charge is -2.11. The lowest BCUT2D eigenvalue weighted by atomic mass is 10.3. The maximum atomic E-state index is 11.1. The first-order valence-electron chi connectivity index (χ1n) is 3.55. The van der Waals surface area contributed by atoms with Crippen molar-refractivity contribution in [3.63, 3.8) is 0 Å². The Morgan fingerprint density at radius 2 is 2.50 bits per heavy atom. The van der Waals surface area contributed by atoms with Gasteiger partial charge < -0.3 is 15.7 Å². The lowest BCUT2D eigenvalue weighted by Crippen LogP contribution is -2.46. The van der Waals surface area contributed by atoms with E-state index in [1.54, 1.807) is 11.8 Å². The molecule has 0 saturated carbocycles. The van der Waals surface area contributed by atoms with Gasteiger partial charge in [0.25, 0.3) is 0 Å². The van der Waals surface area contributed by atoms with Crippen molar-refractivity contribution < 1.29 is 14.7 Å². The molecule has 3 N–H and O–H groups in total. The fourth-order valence-electron chi connectivity index (χ4n) is 0.903. The molecule has 0 aromatic carbocycles. The SMILES string of the molecule is O=C(O)N[C@@H]1CSCCNC1=O. The molecule has 1 atom stereocenters. The summed E-state index contributed by atoms with van der Waals surface area (Å²) in [5.41, 5.74) is 0. The number of rotatable bonds is 1. The maximum absolute atomic E-state index is 11.1. The van der Waals surface area contributed by atoms with Gasteiger partial charge in [-0.2, -0.15) is 11.8 Å². The molecule has 1 saturated heterocycles. The minimum absolute atomic E-state index is 0.234. The van der Waals surface area contributed by atoms with Gasteiger partial charge in [0.05, 0.1) is 0 Å². The van der Waals surface area contributed by atoms with Crippen molar-refractivity contribution in [3.8, 4) is 0 Å². The average molecular weight is 190 g/mol. The van der Waals surface area contributed by atoms with E-state index in [-0.39, 0.29) is 5.91 Å². The molecule has 68 valence electrons. The molecule has 1 fully saturated rings. The van der Waals surface area contributed by atoms with E-state index in [1.165, 1.54) is 0 Å². The first-order chi connectivity index (χ1) is 5.70. The highest BCUT2D eigenvalue weighted by atomic mass is 32.2. The van der Waals surface area contributed by atoms with Crippen LogP contribution in [0.1, 0.15) is 0 Å². The number of amides is 2. The summed E-state index contributed by atoms with van der Waals surface area (Å²) in [5.74, 6) is 1.11. The fraction of sp³-hybridized carbons (Fsp3) is 0.667. The minimum atomic E-state index is -1.15. The first-order valence-corrected chi connectivity index (χ1v) is 4.70. The third-order valence-electron chi connectivity index (χ3n) is 1.44. The van der Waals surface area contributed by atoms with Gasteiger partial charge in [0.1, 0.15) is 6.04 Å².